The minimum absolute atomic E-state index is 0.0655. The summed E-state index contributed by atoms with van der Waals surface area (Å²) < 4.78 is 10.4. The van der Waals surface area contributed by atoms with E-state index in [0.29, 0.717) is 6.54 Å². The van der Waals surface area contributed by atoms with Gasteiger partial charge in [0.15, 0.2) is 0 Å². The van der Waals surface area contributed by atoms with Crippen LogP contribution in [-0.4, -0.2) is 59.8 Å². The van der Waals surface area contributed by atoms with E-state index >= 15 is 0 Å². The van der Waals surface area contributed by atoms with Crippen molar-refractivity contribution in [1.29, 1.82) is 0 Å². The van der Waals surface area contributed by atoms with Crippen LogP contribution in [0.2, 0.25) is 0 Å². The van der Waals surface area contributed by atoms with Gasteiger partial charge in [-0.1, -0.05) is 6.07 Å². The summed E-state index contributed by atoms with van der Waals surface area (Å²) in [5, 5.41) is 16.7. The number of methoxy groups -OCH3 is 2. The average molecular weight is 433 g/mol. The molecule has 1 aromatic heterocycles. The molecular weight excluding hydrogens is 410 g/mol. The summed E-state index contributed by atoms with van der Waals surface area (Å²) in [6.07, 6.45) is 0.967. The lowest BCUT2D eigenvalue weighted by molar-refractivity contribution is -0.139. The summed E-state index contributed by atoms with van der Waals surface area (Å²) in [4.78, 5) is 54.0. The van der Waals surface area contributed by atoms with Gasteiger partial charge in [-0.3, -0.25) is 4.79 Å². The van der Waals surface area contributed by atoms with E-state index in [1.54, 1.807) is 25.1 Å². The molecule has 2 rings (SSSR count). The highest BCUT2D eigenvalue weighted by molar-refractivity contribution is 6.08. The number of anilines is 1. The largest absolute Gasteiger partial charge is 0.496 e. The average Bonchev–Trinajstić information content (AvgIpc) is 2.74. The van der Waals surface area contributed by atoms with Crippen LogP contribution < -0.4 is 31.1 Å². The maximum atomic E-state index is 12.9. The molecule has 1 aromatic carbocycles. The van der Waals surface area contributed by atoms with Crippen LogP contribution in [0.4, 0.5) is 10.6 Å². The van der Waals surface area contributed by atoms with Crippen molar-refractivity contribution in [3.8, 4) is 11.5 Å². The standard InChI is InChI=1S/C19H23N5O7/c1-4-20-18(28)22-11(17(26)27)8-10-9-21-19(29)24-15(10)23-16(25)14-12(30-2)6-5-7-13(14)31-3/h5-7,9,11H,4,8H2,1-3H3,(H,26,27)(H2,20,22,28)(H2,21,23,24,25,29). The molecule has 1 atom stereocenters. The molecule has 1 unspecified atom stereocenters. The second-order valence-corrected chi connectivity index (χ2v) is 6.17. The van der Waals surface area contributed by atoms with Crippen LogP contribution in [0.1, 0.15) is 22.8 Å². The topological polar surface area (TPSA) is 172 Å². The number of carbonyl (C=O) groups is 3. The van der Waals surface area contributed by atoms with Gasteiger partial charge in [-0.15, -0.1) is 0 Å². The molecule has 1 heterocycles. The zero-order chi connectivity index (χ0) is 23.0. The third kappa shape index (κ3) is 5.95. The maximum absolute atomic E-state index is 12.9. The number of carboxylic acid groups (broad SMARTS) is 1. The molecule has 0 bridgehead atoms. The van der Waals surface area contributed by atoms with E-state index in [0.717, 1.165) is 0 Å². The number of urea groups is 1. The lowest BCUT2D eigenvalue weighted by Gasteiger charge is -2.17. The Morgan fingerprint density at radius 3 is 2.39 bits per heavy atom. The van der Waals surface area contributed by atoms with Gasteiger partial charge in [0.1, 0.15) is 28.9 Å². The monoisotopic (exact) mass is 433 g/mol. The van der Waals surface area contributed by atoms with Crippen molar-refractivity contribution in [3.63, 3.8) is 0 Å². The van der Waals surface area contributed by atoms with Gasteiger partial charge in [0.05, 0.1) is 14.2 Å². The number of aromatic nitrogens is 2. The van der Waals surface area contributed by atoms with Crippen molar-refractivity contribution in [1.82, 2.24) is 20.6 Å². The molecule has 0 aliphatic carbocycles. The number of ether oxygens (including phenoxy) is 2. The molecule has 2 aromatic rings. The summed E-state index contributed by atoms with van der Waals surface area (Å²) in [6.45, 7) is 1.99. The number of rotatable bonds is 9. The van der Waals surface area contributed by atoms with E-state index < -0.39 is 29.6 Å². The van der Waals surface area contributed by atoms with Crippen LogP contribution >= 0.6 is 0 Å². The van der Waals surface area contributed by atoms with Crippen molar-refractivity contribution < 1.29 is 29.0 Å². The number of nitrogens with one attached hydrogen (secondary N) is 4. The quantitative estimate of drug-likeness (QED) is 0.377. The number of aromatic amines is 1. The number of carboxylic acids is 1. The van der Waals surface area contributed by atoms with E-state index in [4.69, 9.17) is 9.47 Å². The third-order valence-electron chi connectivity index (χ3n) is 4.14. The first-order valence-electron chi connectivity index (χ1n) is 9.18. The minimum Gasteiger partial charge on any atom is -0.496 e. The van der Waals surface area contributed by atoms with Gasteiger partial charge in [0.2, 0.25) is 0 Å². The Bertz CT molecular complexity index is 999. The summed E-state index contributed by atoms with van der Waals surface area (Å²) in [6, 6.07) is 2.74. The van der Waals surface area contributed by atoms with Gasteiger partial charge >= 0.3 is 17.7 Å². The van der Waals surface area contributed by atoms with E-state index in [2.05, 4.69) is 25.9 Å². The van der Waals surface area contributed by atoms with Crippen LogP contribution in [0, 0.1) is 0 Å². The van der Waals surface area contributed by atoms with Gasteiger partial charge in [0, 0.05) is 24.7 Å². The number of benzene rings is 1. The summed E-state index contributed by atoms with van der Waals surface area (Å²) >= 11 is 0. The van der Waals surface area contributed by atoms with Gasteiger partial charge in [-0.2, -0.15) is 4.98 Å². The first kappa shape index (κ1) is 23.2. The van der Waals surface area contributed by atoms with Gasteiger partial charge in [-0.05, 0) is 19.1 Å². The normalized spacial score (nSPS) is 11.2. The molecule has 0 saturated carbocycles. The number of H-pyrrole nitrogens is 1. The zero-order valence-electron chi connectivity index (χ0n) is 17.1. The van der Waals surface area contributed by atoms with Crippen molar-refractivity contribution >= 4 is 23.7 Å². The van der Waals surface area contributed by atoms with Crippen molar-refractivity contribution in [2.45, 2.75) is 19.4 Å². The SMILES string of the molecule is CCNC(=O)NC(Cc1c[nH]c(=O)nc1NC(=O)c1c(OC)cccc1OC)C(=O)O. The van der Waals surface area contributed by atoms with Crippen LogP contribution in [-0.2, 0) is 11.2 Å². The van der Waals surface area contributed by atoms with E-state index in [-0.39, 0.29) is 34.9 Å². The molecule has 31 heavy (non-hydrogen) atoms. The van der Waals surface area contributed by atoms with Crippen LogP contribution in [0.3, 0.4) is 0 Å². The molecule has 0 aliphatic heterocycles. The summed E-state index contributed by atoms with van der Waals surface area (Å²) in [5.41, 5.74) is -0.503. The Balaban J connectivity index is 2.36. The first-order chi connectivity index (χ1) is 14.8. The van der Waals surface area contributed by atoms with E-state index in [1.165, 1.54) is 20.4 Å². The molecule has 0 fully saturated rings. The number of hydrogen-bond donors (Lipinski definition) is 5. The number of nitrogens with zero attached hydrogens (tertiary/aromatic N) is 1. The second-order valence-electron chi connectivity index (χ2n) is 6.17. The number of aliphatic carboxylic acids is 1. The highest BCUT2D eigenvalue weighted by atomic mass is 16.5. The third-order valence-corrected chi connectivity index (χ3v) is 4.14. The Hall–Kier alpha value is -4.09. The minimum atomic E-state index is -1.34. The van der Waals surface area contributed by atoms with Crippen molar-refractivity contribution in [2.24, 2.45) is 0 Å². The molecule has 0 saturated heterocycles. The summed E-state index contributed by atoms with van der Waals surface area (Å²) in [7, 11) is 2.76. The fourth-order valence-electron chi connectivity index (χ4n) is 2.72. The highest BCUT2D eigenvalue weighted by Gasteiger charge is 2.24. The lowest BCUT2D eigenvalue weighted by Crippen LogP contribution is -2.47. The number of hydrogen-bond acceptors (Lipinski definition) is 7. The summed E-state index contributed by atoms with van der Waals surface area (Å²) in [5.74, 6) is -1.70. The second kappa shape index (κ2) is 10.6. The number of carbonyl (C=O) groups excluding carboxylic acids is 2. The highest BCUT2D eigenvalue weighted by Crippen LogP contribution is 2.29. The molecule has 166 valence electrons. The van der Waals surface area contributed by atoms with E-state index in [9.17, 15) is 24.3 Å². The molecular formula is C19H23N5O7. The van der Waals surface area contributed by atoms with Crippen LogP contribution in [0.5, 0.6) is 11.5 Å². The van der Waals surface area contributed by atoms with Gasteiger partial charge in [0.25, 0.3) is 5.91 Å². The Morgan fingerprint density at radius 1 is 1.19 bits per heavy atom. The van der Waals surface area contributed by atoms with Crippen LogP contribution in [0.15, 0.2) is 29.2 Å². The molecule has 12 nitrogen and oxygen atoms in total. The van der Waals surface area contributed by atoms with Crippen LogP contribution in [0.25, 0.3) is 0 Å². The zero-order valence-corrected chi connectivity index (χ0v) is 17.1. The first-order valence-corrected chi connectivity index (χ1v) is 9.18. The van der Waals surface area contributed by atoms with Gasteiger partial charge in [-0.25, -0.2) is 14.4 Å². The lowest BCUT2D eigenvalue weighted by atomic mass is 10.1. The molecule has 0 radical (unpaired) electrons. The fraction of sp³-hybridized carbons (Fsp3) is 0.316. The smallest absolute Gasteiger partial charge is 0.346 e. The van der Waals surface area contributed by atoms with Crippen molar-refractivity contribution in [2.75, 3.05) is 26.1 Å². The molecule has 12 heteroatoms. The predicted octanol–water partition coefficient (Wildman–Crippen LogP) is 0.354. The molecule has 5 N–H and O–H groups in total. The maximum Gasteiger partial charge on any atom is 0.346 e. The van der Waals surface area contributed by atoms with Gasteiger partial charge < -0.3 is 35.5 Å². The molecule has 0 spiro atoms. The molecule has 3 amide bonds. The Labute approximate surface area is 177 Å². The van der Waals surface area contributed by atoms with Crippen molar-refractivity contribution in [3.05, 3.63) is 46.0 Å². The predicted molar refractivity (Wildman–Crippen MR) is 110 cm³/mol. The molecule has 0 aliphatic rings. The Kier molecular flexibility index (Phi) is 7.94. The fourth-order valence-corrected chi connectivity index (χ4v) is 2.72. The Morgan fingerprint density at radius 2 is 1.84 bits per heavy atom. The number of amides is 3. The van der Waals surface area contributed by atoms with E-state index in [1.807, 2.05) is 0 Å².